The van der Waals surface area contributed by atoms with Crippen molar-refractivity contribution in [1.29, 1.82) is 0 Å². The standard InChI is InChI=1S/C20H17FN2O3/c21-11-4-5-15-12(8-11)13-9-23(7-6-16(13)22-15)20(25)14-10-26-18-3-1-2-17(24)19(14)18/h4-5,8,10,22H,1-3,6-7,9H2. The average Bonchev–Trinajstić information content (AvgIpc) is 3.23. The van der Waals surface area contributed by atoms with Gasteiger partial charge in [-0.1, -0.05) is 0 Å². The fraction of sp³-hybridized carbons (Fsp3) is 0.300. The van der Waals surface area contributed by atoms with Crippen LogP contribution in [0.25, 0.3) is 10.9 Å². The first-order valence-corrected chi connectivity index (χ1v) is 8.83. The van der Waals surface area contributed by atoms with Gasteiger partial charge in [0.2, 0.25) is 0 Å². The molecule has 3 heterocycles. The molecule has 5 nitrogen and oxygen atoms in total. The molecular weight excluding hydrogens is 335 g/mol. The molecule has 0 bridgehead atoms. The number of aryl methyl sites for hydroxylation is 1. The average molecular weight is 352 g/mol. The molecule has 2 aliphatic rings. The molecular formula is C20H17FN2O3. The van der Waals surface area contributed by atoms with Crippen molar-refractivity contribution in [3.63, 3.8) is 0 Å². The topological polar surface area (TPSA) is 66.3 Å². The number of carbonyl (C=O) groups is 2. The van der Waals surface area contributed by atoms with E-state index in [4.69, 9.17) is 4.42 Å². The van der Waals surface area contributed by atoms with Crippen LogP contribution in [-0.4, -0.2) is 28.1 Å². The van der Waals surface area contributed by atoms with E-state index in [-0.39, 0.29) is 17.5 Å². The lowest BCUT2D eigenvalue weighted by atomic mass is 9.93. The third-order valence-electron chi connectivity index (χ3n) is 5.41. The Hall–Kier alpha value is -2.89. The first-order valence-electron chi connectivity index (χ1n) is 8.83. The number of furan rings is 1. The number of ketones is 1. The lowest BCUT2D eigenvalue weighted by molar-refractivity contribution is 0.0729. The number of aromatic nitrogens is 1. The summed E-state index contributed by atoms with van der Waals surface area (Å²) in [6, 6.07) is 4.65. The van der Waals surface area contributed by atoms with Crippen LogP contribution in [0.4, 0.5) is 4.39 Å². The second-order valence-electron chi connectivity index (χ2n) is 6.97. The SMILES string of the molecule is O=C1CCCc2occ(C(=O)N3CCc4[nH]c5ccc(F)cc5c4C3)c21. The van der Waals surface area contributed by atoms with Crippen molar-refractivity contribution in [2.75, 3.05) is 6.54 Å². The van der Waals surface area contributed by atoms with Gasteiger partial charge in [-0.25, -0.2) is 4.39 Å². The highest BCUT2D eigenvalue weighted by Gasteiger charge is 2.32. The molecule has 0 fully saturated rings. The van der Waals surface area contributed by atoms with E-state index in [1.54, 1.807) is 11.0 Å². The first-order chi connectivity index (χ1) is 12.6. The highest BCUT2D eigenvalue weighted by Crippen LogP contribution is 2.31. The van der Waals surface area contributed by atoms with Crippen molar-refractivity contribution in [3.05, 3.63) is 58.4 Å². The third-order valence-corrected chi connectivity index (χ3v) is 5.41. The maximum absolute atomic E-state index is 13.7. The highest BCUT2D eigenvalue weighted by atomic mass is 19.1. The first kappa shape index (κ1) is 15.4. The molecule has 1 aromatic carbocycles. The number of nitrogens with one attached hydrogen (secondary N) is 1. The van der Waals surface area contributed by atoms with Crippen LogP contribution in [0.1, 0.15) is 50.6 Å². The Morgan fingerprint density at radius 2 is 2.12 bits per heavy atom. The predicted octanol–water partition coefficient (Wildman–Crippen LogP) is 3.62. The van der Waals surface area contributed by atoms with E-state index in [0.717, 1.165) is 28.6 Å². The maximum atomic E-state index is 13.7. The van der Waals surface area contributed by atoms with Gasteiger partial charge in [-0.05, 0) is 24.6 Å². The van der Waals surface area contributed by atoms with Gasteiger partial charge in [0, 0.05) is 54.5 Å². The summed E-state index contributed by atoms with van der Waals surface area (Å²) in [7, 11) is 0. The van der Waals surface area contributed by atoms with Crippen LogP contribution in [0.5, 0.6) is 0 Å². The van der Waals surface area contributed by atoms with E-state index in [1.807, 2.05) is 0 Å². The number of aromatic amines is 1. The quantitative estimate of drug-likeness (QED) is 0.727. The number of H-pyrrole nitrogens is 1. The summed E-state index contributed by atoms with van der Waals surface area (Å²) in [4.78, 5) is 30.3. The molecule has 26 heavy (non-hydrogen) atoms. The number of Topliss-reactive ketones (excluding diaryl/α,β-unsaturated/α-hetero) is 1. The van der Waals surface area contributed by atoms with Crippen molar-refractivity contribution in [2.45, 2.75) is 32.2 Å². The van der Waals surface area contributed by atoms with Crippen molar-refractivity contribution in [1.82, 2.24) is 9.88 Å². The number of carbonyl (C=O) groups excluding carboxylic acids is 2. The Morgan fingerprint density at radius 3 is 3.00 bits per heavy atom. The molecule has 6 heteroatoms. The van der Waals surface area contributed by atoms with Crippen LogP contribution in [0.15, 0.2) is 28.9 Å². The monoisotopic (exact) mass is 352 g/mol. The Kier molecular flexibility index (Phi) is 3.29. The lowest BCUT2D eigenvalue weighted by Gasteiger charge is -2.27. The van der Waals surface area contributed by atoms with Crippen molar-refractivity contribution in [3.8, 4) is 0 Å². The third kappa shape index (κ3) is 2.21. The van der Waals surface area contributed by atoms with E-state index >= 15 is 0 Å². The van der Waals surface area contributed by atoms with Gasteiger partial charge in [0.05, 0.1) is 11.1 Å². The summed E-state index contributed by atoms with van der Waals surface area (Å²) < 4.78 is 19.1. The largest absolute Gasteiger partial charge is 0.468 e. The molecule has 1 amide bonds. The van der Waals surface area contributed by atoms with Crippen molar-refractivity contribution < 1.29 is 18.4 Å². The van der Waals surface area contributed by atoms with Crippen LogP contribution in [0, 0.1) is 5.82 Å². The van der Waals surface area contributed by atoms with Gasteiger partial charge in [-0.3, -0.25) is 9.59 Å². The van der Waals surface area contributed by atoms with Crippen LogP contribution in [-0.2, 0) is 19.4 Å². The minimum atomic E-state index is -0.294. The van der Waals surface area contributed by atoms with Gasteiger partial charge in [0.25, 0.3) is 5.91 Å². The Bertz CT molecular complexity index is 1060. The number of fused-ring (bicyclic) bond motifs is 4. The zero-order valence-electron chi connectivity index (χ0n) is 14.1. The summed E-state index contributed by atoms with van der Waals surface area (Å²) in [5.41, 5.74) is 3.68. The number of halogens is 1. The fourth-order valence-electron chi connectivity index (χ4n) is 4.11. The lowest BCUT2D eigenvalue weighted by Crippen LogP contribution is -2.36. The van der Waals surface area contributed by atoms with E-state index in [1.165, 1.54) is 18.4 Å². The van der Waals surface area contributed by atoms with Crippen molar-refractivity contribution >= 4 is 22.6 Å². The molecule has 0 saturated carbocycles. The van der Waals surface area contributed by atoms with E-state index < -0.39 is 0 Å². The summed E-state index contributed by atoms with van der Waals surface area (Å²) in [6.45, 7) is 0.945. The van der Waals surface area contributed by atoms with E-state index in [0.29, 0.717) is 49.2 Å². The molecule has 0 atom stereocenters. The summed E-state index contributed by atoms with van der Waals surface area (Å²) in [5.74, 6) is 0.116. The summed E-state index contributed by atoms with van der Waals surface area (Å²) >= 11 is 0. The van der Waals surface area contributed by atoms with Crippen molar-refractivity contribution in [2.24, 2.45) is 0 Å². The fourth-order valence-corrected chi connectivity index (χ4v) is 4.11. The number of benzene rings is 1. The van der Waals surface area contributed by atoms with Gasteiger partial charge in [0.1, 0.15) is 17.8 Å². The van der Waals surface area contributed by atoms with E-state index in [2.05, 4.69) is 4.98 Å². The molecule has 1 N–H and O–H groups in total. The maximum Gasteiger partial charge on any atom is 0.258 e. The number of amides is 1. The van der Waals surface area contributed by atoms with Crippen LogP contribution < -0.4 is 0 Å². The molecule has 1 aliphatic carbocycles. The number of rotatable bonds is 1. The molecule has 0 spiro atoms. The van der Waals surface area contributed by atoms with Crippen LogP contribution in [0.2, 0.25) is 0 Å². The molecule has 132 valence electrons. The smallest absolute Gasteiger partial charge is 0.258 e. The zero-order chi connectivity index (χ0) is 17.8. The number of hydrogen-bond acceptors (Lipinski definition) is 3. The number of nitrogens with zero attached hydrogens (tertiary/aromatic N) is 1. The molecule has 3 aromatic rings. The normalized spacial score (nSPS) is 16.7. The molecule has 0 unspecified atom stereocenters. The van der Waals surface area contributed by atoms with Crippen LogP contribution >= 0.6 is 0 Å². The molecule has 1 aliphatic heterocycles. The Morgan fingerprint density at radius 1 is 1.23 bits per heavy atom. The summed E-state index contributed by atoms with van der Waals surface area (Å²) in [6.07, 6.45) is 4.01. The van der Waals surface area contributed by atoms with Gasteiger partial charge >= 0.3 is 0 Å². The minimum Gasteiger partial charge on any atom is -0.468 e. The highest BCUT2D eigenvalue weighted by molar-refractivity contribution is 6.09. The van der Waals surface area contributed by atoms with Gasteiger partial charge < -0.3 is 14.3 Å². The minimum absolute atomic E-state index is 0.0183. The number of hydrogen-bond donors (Lipinski definition) is 1. The second-order valence-corrected chi connectivity index (χ2v) is 6.97. The van der Waals surface area contributed by atoms with Gasteiger partial charge in [0.15, 0.2) is 5.78 Å². The van der Waals surface area contributed by atoms with Gasteiger partial charge in [-0.15, -0.1) is 0 Å². The molecule has 2 aromatic heterocycles. The van der Waals surface area contributed by atoms with E-state index in [9.17, 15) is 14.0 Å². The Labute approximate surface area is 148 Å². The second kappa shape index (κ2) is 5.56. The molecule has 5 rings (SSSR count). The molecule has 0 saturated heterocycles. The van der Waals surface area contributed by atoms with Crippen LogP contribution in [0.3, 0.4) is 0 Å². The Balaban J connectivity index is 1.51. The predicted molar refractivity (Wildman–Crippen MR) is 92.7 cm³/mol. The zero-order valence-corrected chi connectivity index (χ0v) is 14.1. The molecule has 0 radical (unpaired) electrons. The summed E-state index contributed by atoms with van der Waals surface area (Å²) in [5, 5.41) is 0.808. The van der Waals surface area contributed by atoms with Gasteiger partial charge in [-0.2, -0.15) is 0 Å².